The van der Waals surface area contributed by atoms with E-state index < -0.39 is 11.9 Å². The Kier molecular flexibility index (Phi) is 2.62. The van der Waals surface area contributed by atoms with Crippen LogP contribution in [0.2, 0.25) is 0 Å². The molecule has 1 amide bonds. The van der Waals surface area contributed by atoms with Gasteiger partial charge in [-0.1, -0.05) is 15.9 Å². The van der Waals surface area contributed by atoms with Gasteiger partial charge in [0.1, 0.15) is 0 Å². The van der Waals surface area contributed by atoms with Crippen LogP contribution in [-0.2, 0) is 0 Å². The summed E-state index contributed by atoms with van der Waals surface area (Å²) in [5.74, 6) is 0.754. The predicted octanol–water partition coefficient (Wildman–Crippen LogP) is 2.69. The van der Waals surface area contributed by atoms with Crippen molar-refractivity contribution in [1.82, 2.24) is 4.90 Å². The van der Waals surface area contributed by atoms with E-state index in [2.05, 4.69) is 15.9 Å². The fraction of sp³-hybridized carbons (Fsp3) is 0.417. The minimum Gasteiger partial charge on any atom is -0.465 e. The summed E-state index contributed by atoms with van der Waals surface area (Å²) in [6.07, 6.45) is 0.208. The largest absolute Gasteiger partial charge is 0.465 e. The van der Waals surface area contributed by atoms with Crippen molar-refractivity contribution in [2.45, 2.75) is 18.6 Å². The maximum Gasteiger partial charge on any atom is 0.407 e. The Labute approximate surface area is 112 Å². The van der Waals surface area contributed by atoms with Crippen LogP contribution in [0.3, 0.4) is 0 Å². The summed E-state index contributed by atoms with van der Waals surface area (Å²) >= 11 is 3.38. The molecule has 0 atom stereocenters. The van der Waals surface area contributed by atoms with Gasteiger partial charge in [0.05, 0.1) is 0 Å². The summed E-state index contributed by atoms with van der Waals surface area (Å²) in [5, 5.41) is 8.92. The van der Waals surface area contributed by atoms with Crippen molar-refractivity contribution < 1.29 is 19.4 Å². The molecule has 0 unspecified atom stereocenters. The molecule has 96 valence electrons. The highest BCUT2D eigenvalue weighted by Crippen LogP contribution is 2.44. The van der Waals surface area contributed by atoms with Crippen molar-refractivity contribution in [3.05, 3.63) is 22.7 Å². The Morgan fingerprint density at radius 2 is 1.94 bits per heavy atom. The number of halogens is 1. The van der Waals surface area contributed by atoms with E-state index in [1.807, 2.05) is 18.2 Å². The van der Waals surface area contributed by atoms with Gasteiger partial charge in [0.25, 0.3) is 5.79 Å². The topological polar surface area (TPSA) is 59.0 Å². The third-order valence-corrected chi connectivity index (χ3v) is 3.79. The van der Waals surface area contributed by atoms with Gasteiger partial charge < -0.3 is 19.5 Å². The van der Waals surface area contributed by atoms with Gasteiger partial charge in [0.15, 0.2) is 11.5 Å². The average Bonchev–Trinajstić information content (AvgIpc) is 2.66. The van der Waals surface area contributed by atoms with Gasteiger partial charge in [-0.3, -0.25) is 0 Å². The SMILES string of the molecule is O=C(O)N1CCC2(CC1)Oc1ccc(Br)cc1O2. The lowest BCUT2D eigenvalue weighted by Crippen LogP contribution is -2.50. The van der Waals surface area contributed by atoms with E-state index in [4.69, 9.17) is 14.6 Å². The van der Waals surface area contributed by atoms with Gasteiger partial charge in [0.2, 0.25) is 0 Å². The van der Waals surface area contributed by atoms with Gasteiger partial charge in [-0.2, -0.15) is 0 Å². The number of nitrogens with zero attached hydrogens (tertiary/aromatic N) is 1. The molecule has 2 heterocycles. The van der Waals surface area contributed by atoms with Crippen molar-refractivity contribution >= 4 is 22.0 Å². The molecule has 1 fully saturated rings. The van der Waals surface area contributed by atoms with E-state index in [-0.39, 0.29) is 0 Å². The molecule has 1 saturated heterocycles. The number of hydrogen-bond donors (Lipinski definition) is 1. The second-order valence-corrected chi connectivity index (χ2v) is 5.39. The molecule has 1 aromatic carbocycles. The van der Waals surface area contributed by atoms with Crippen molar-refractivity contribution in [3.8, 4) is 11.5 Å². The summed E-state index contributed by atoms with van der Waals surface area (Å²) in [6.45, 7) is 0.870. The molecule has 0 radical (unpaired) electrons. The zero-order valence-corrected chi connectivity index (χ0v) is 11.1. The fourth-order valence-electron chi connectivity index (χ4n) is 2.31. The minimum absolute atomic E-state index is 0.435. The van der Waals surface area contributed by atoms with Crippen LogP contribution in [0.25, 0.3) is 0 Å². The molecule has 0 saturated carbocycles. The number of carbonyl (C=O) groups is 1. The third-order valence-electron chi connectivity index (χ3n) is 3.29. The standard InChI is InChI=1S/C12H12BrNO4/c13-8-1-2-9-10(7-8)18-12(17-9)3-5-14(6-4-12)11(15)16/h1-2,7H,3-6H2,(H,15,16). The number of ether oxygens (including phenoxy) is 2. The fourth-order valence-corrected chi connectivity index (χ4v) is 2.65. The van der Waals surface area contributed by atoms with E-state index in [9.17, 15) is 4.79 Å². The van der Waals surface area contributed by atoms with Crippen LogP contribution in [-0.4, -0.2) is 35.0 Å². The van der Waals surface area contributed by atoms with Crippen molar-refractivity contribution in [2.24, 2.45) is 0 Å². The first-order chi connectivity index (χ1) is 8.58. The summed E-state index contributed by atoms with van der Waals surface area (Å²) in [5.41, 5.74) is 0. The quantitative estimate of drug-likeness (QED) is 0.800. The molecule has 18 heavy (non-hydrogen) atoms. The molecule has 6 heteroatoms. The average molecular weight is 314 g/mol. The normalized spacial score (nSPS) is 20.2. The van der Waals surface area contributed by atoms with Crippen molar-refractivity contribution in [3.63, 3.8) is 0 Å². The first-order valence-electron chi connectivity index (χ1n) is 5.73. The lowest BCUT2D eigenvalue weighted by Gasteiger charge is -2.36. The van der Waals surface area contributed by atoms with Crippen molar-refractivity contribution in [1.29, 1.82) is 0 Å². The number of amides is 1. The van der Waals surface area contributed by atoms with Crippen LogP contribution in [0, 0.1) is 0 Å². The van der Waals surface area contributed by atoms with E-state index in [1.165, 1.54) is 4.90 Å². The maximum absolute atomic E-state index is 10.9. The maximum atomic E-state index is 10.9. The van der Waals surface area contributed by atoms with E-state index in [1.54, 1.807) is 0 Å². The first kappa shape index (κ1) is 11.6. The second kappa shape index (κ2) is 4.05. The monoisotopic (exact) mass is 313 g/mol. The van der Waals surface area contributed by atoms with Gasteiger partial charge in [0, 0.05) is 30.4 Å². The number of piperidine rings is 1. The van der Waals surface area contributed by atoms with Gasteiger partial charge in [-0.15, -0.1) is 0 Å². The number of fused-ring (bicyclic) bond motifs is 1. The Bertz CT molecular complexity index is 497. The number of carboxylic acid groups (broad SMARTS) is 1. The molecule has 3 rings (SSSR count). The minimum atomic E-state index is -0.886. The zero-order chi connectivity index (χ0) is 12.8. The van der Waals surface area contributed by atoms with Crippen LogP contribution in [0.4, 0.5) is 4.79 Å². The molecule has 2 aliphatic heterocycles. The Morgan fingerprint density at radius 1 is 1.28 bits per heavy atom. The number of hydrogen-bond acceptors (Lipinski definition) is 3. The van der Waals surface area contributed by atoms with Crippen molar-refractivity contribution in [2.75, 3.05) is 13.1 Å². The predicted molar refractivity (Wildman–Crippen MR) is 67.0 cm³/mol. The Hall–Kier alpha value is -1.43. The molecule has 1 N–H and O–H groups in total. The number of likely N-dealkylation sites (tertiary alicyclic amines) is 1. The van der Waals surface area contributed by atoms with Gasteiger partial charge in [-0.25, -0.2) is 4.79 Å². The molecule has 2 aliphatic rings. The van der Waals surface area contributed by atoms with Crippen LogP contribution in [0.15, 0.2) is 22.7 Å². The Morgan fingerprint density at radius 3 is 2.61 bits per heavy atom. The molecule has 5 nitrogen and oxygen atoms in total. The highest BCUT2D eigenvalue weighted by Gasteiger charge is 2.45. The molecule has 0 aromatic heterocycles. The lowest BCUT2D eigenvalue weighted by atomic mass is 10.0. The van der Waals surface area contributed by atoms with Crippen LogP contribution in [0.1, 0.15) is 12.8 Å². The summed E-state index contributed by atoms with van der Waals surface area (Å²) in [7, 11) is 0. The van der Waals surface area contributed by atoms with Gasteiger partial charge >= 0.3 is 6.09 Å². The van der Waals surface area contributed by atoms with E-state index >= 15 is 0 Å². The number of benzene rings is 1. The lowest BCUT2D eigenvalue weighted by molar-refractivity contribution is -0.114. The molecule has 1 aromatic rings. The summed E-state index contributed by atoms with van der Waals surface area (Å²) in [6, 6.07) is 5.62. The third kappa shape index (κ3) is 1.90. The first-order valence-corrected chi connectivity index (χ1v) is 6.53. The molecule has 1 spiro atoms. The van der Waals surface area contributed by atoms with Crippen LogP contribution < -0.4 is 9.47 Å². The zero-order valence-electron chi connectivity index (χ0n) is 9.56. The van der Waals surface area contributed by atoms with Crippen LogP contribution in [0.5, 0.6) is 11.5 Å². The highest BCUT2D eigenvalue weighted by atomic mass is 79.9. The van der Waals surface area contributed by atoms with Crippen LogP contribution >= 0.6 is 15.9 Å². The molecule has 0 bridgehead atoms. The summed E-state index contributed by atoms with van der Waals surface area (Å²) in [4.78, 5) is 12.2. The second-order valence-electron chi connectivity index (χ2n) is 4.48. The molecular weight excluding hydrogens is 302 g/mol. The Balaban J connectivity index is 1.76. The molecular formula is C12H12BrNO4. The number of rotatable bonds is 0. The van der Waals surface area contributed by atoms with Gasteiger partial charge in [-0.05, 0) is 18.2 Å². The van der Waals surface area contributed by atoms with E-state index in [0.29, 0.717) is 31.7 Å². The molecule has 0 aliphatic carbocycles. The van der Waals surface area contributed by atoms with E-state index in [0.717, 1.165) is 10.2 Å². The smallest absolute Gasteiger partial charge is 0.407 e. The highest BCUT2D eigenvalue weighted by molar-refractivity contribution is 9.10. The summed E-state index contributed by atoms with van der Waals surface area (Å²) < 4.78 is 12.7.